The van der Waals surface area contributed by atoms with E-state index < -0.39 is 0 Å². The molecule has 1 fully saturated rings. The highest BCUT2D eigenvalue weighted by molar-refractivity contribution is 5.86. The molecule has 6 heteroatoms. The number of hydrogen-bond acceptors (Lipinski definition) is 4. The van der Waals surface area contributed by atoms with E-state index in [1.807, 2.05) is 18.2 Å². The van der Waals surface area contributed by atoms with Crippen LogP contribution in [-0.4, -0.2) is 54.4 Å². The zero-order chi connectivity index (χ0) is 13.7. The summed E-state index contributed by atoms with van der Waals surface area (Å²) in [6, 6.07) is 5.42. The third kappa shape index (κ3) is 3.75. The molecule has 1 aromatic rings. The molecule has 0 saturated carbocycles. The van der Waals surface area contributed by atoms with Gasteiger partial charge in [0.15, 0.2) is 0 Å². The van der Waals surface area contributed by atoms with Crippen LogP contribution in [0.4, 0.5) is 0 Å². The zero-order valence-corrected chi connectivity index (χ0v) is 10.9. The summed E-state index contributed by atoms with van der Waals surface area (Å²) in [5.41, 5.74) is 0.965. The van der Waals surface area contributed by atoms with Crippen LogP contribution in [0.25, 0.3) is 0 Å². The van der Waals surface area contributed by atoms with Gasteiger partial charge in [-0.15, -0.1) is 0 Å². The average molecular weight is 262 g/mol. The molecule has 1 unspecified atom stereocenters. The minimum atomic E-state index is -0.327. The van der Waals surface area contributed by atoms with Crippen molar-refractivity contribution < 1.29 is 9.59 Å². The summed E-state index contributed by atoms with van der Waals surface area (Å²) in [5, 5.41) is 5.61. The van der Waals surface area contributed by atoms with Gasteiger partial charge in [-0.25, -0.2) is 0 Å². The Hall–Kier alpha value is -1.95. The van der Waals surface area contributed by atoms with Crippen molar-refractivity contribution in [3.8, 4) is 0 Å². The summed E-state index contributed by atoms with van der Waals surface area (Å²) < 4.78 is 0. The van der Waals surface area contributed by atoms with E-state index in [-0.39, 0.29) is 24.4 Å². The Labute approximate surface area is 112 Å². The van der Waals surface area contributed by atoms with Crippen molar-refractivity contribution in [2.45, 2.75) is 12.5 Å². The highest BCUT2D eigenvalue weighted by atomic mass is 16.2. The van der Waals surface area contributed by atoms with Gasteiger partial charge >= 0.3 is 0 Å². The lowest BCUT2D eigenvalue weighted by molar-refractivity contribution is -0.133. The first-order chi connectivity index (χ1) is 9.16. The monoisotopic (exact) mass is 262 g/mol. The second kappa shape index (κ2) is 6.29. The second-order valence-electron chi connectivity index (χ2n) is 4.57. The molecule has 2 N–H and O–H groups in total. The van der Waals surface area contributed by atoms with Crippen LogP contribution in [0, 0.1) is 0 Å². The number of aromatic nitrogens is 1. The van der Waals surface area contributed by atoms with Gasteiger partial charge in [-0.3, -0.25) is 19.9 Å². The lowest BCUT2D eigenvalue weighted by Crippen LogP contribution is -2.58. The fourth-order valence-electron chi connectivity index (χ4n) is 1.95. The molecular formula is C13H18N4O2. The molecule has 1 aliphatic rings. The van der Waals surface area contributed by atoms with Crippen LogP contribution in [-0.2, 0) is 16.0 Å². The number of hydrogen-bond donors (Lipinski definition) is 2. The van der Waals surface area contributed by atoms with Crippen LogP contribution in [0.2, 0.25) is 0 Å². The van der Waals surface area contributed by atoms with Gasteiger partial charge in [0.1, 0.15) is 6.04 Å². The van der Waals surface area contributed by atoms with Gasteiger partial charge in [-0.1, -0.05) is 6.07 Å². The fourth-order valence-corrected chi connectivity index (χ4v) is 1.95. The Bertz CT molecular complexity index is 439. The topological polar surface area (TPSA) is 74.3 Å². The van der Waals surface area contributed by atoms with Crippen LogP contribution >= 0.6 is 0 Å². The second-order valence-corrected chi connectivity index (χ2v) is 4.57. The highest BCUT2D eigenvalue weighted by Crippen LogP contribution is 2.00. The van der Waals surface area contributed by atoms with Gasteiger partial charge in [0, 0.05) is 38.4 Å². The van der Waals surface area contributed by atoms with Crippen molar-refractivity contribution in [3.05, 3.63) is 30.1 Å². The molecule has 6 nitrogen and oxygen atoms in total. The molecule has 0 spiro atoms. The number of nitrogens with one attached hydrogen (secondary N) is 2. The van der Waals surface area contributed by atoms with Gasteiger partial charge in [0.2, 0.25) is 11.8 Å². The molecule has 2 rings (SSSR count). The molecule has 2 amide bonds. The first-order valence-electron chi connectivity index (χ1n) is 6.32. The Morgan fingerprint density at radius 1 is 1.53 bits per heavy atom. The number of nitrogens with zero attached hydrogens (tertiary/aromatic N) is 2. The molecule has 2 heterocycles. The van der Waals surface area contributed by atoms with Crippen molar-refractivity contribution in [2.75, 3.05) is 26.7 Å². The number of rotatable bonds is 4. The number of amides is 2. The van der Waals surface area contributed by atoms with E-state index in [2.05, 4.69) is 15.6 Å². The maximum Gasteiger partial charge on any atom is 0.241 e. The largest absolute Gasteiger partial charge is 0.353 e. The quantitative estimate of drug-likeness (QED) is 0.743. The molecule has 1 atom stereocenters. The predicted molar refractivity (Wildman–Crippen MR) is 70.4 cm³/mol. The first-order valence-corrected chi connectivity index (χ1v) is 6.32. The van der Waals surface area contributed by atoms with E-state index in [0.29, 0.717) is 13.1 Å². The SMILES string of the molecule is CN(CCc1ccccn1)C(=O)C1CNC(=O)CN1. The van der Waals surface area contributed by atoms with E-state index in [0.717, 1.165) is 12.1 Å². The number of pyridine rings is 1. The molecule has 1 saturated heterocycles. The molecule has 0 aliphatic carbocycles. The minimum Gasteiger partial charge on any atom is -0.353 e. The summed E-state index contributed by atoms with van der Waals surface area (Å²) in [5.74, 6) is -0.0730. The molecule has 0 bridgehead atoms. The van der Waals surface area contributed by atoms with Gasteiger partial charge in [0.05, 0.1) is 6.54 Å². The number of likely N-dealkylation sites (N-methyl/N-ethyl adjacent to an activating group) is 1. The number of carbonyl (C=O) groups is 2. The standard InChI is InChI=1S/C13H18N4O2/c1-17(7-5-10-4-2-3-6-14-10)13(19)11-8-16-12(18)9-15-11/h2-4,6,11,15H,5,7-9H2,1H3,(H,16,18). The van der Waals surface area contributed by atoms with Gasteiger partial charge < -0.3 is 10.2 Å². The molecule has 0 aromatic carbocycles. The van der Waals surface area contributed by atoms with Crippen molar-refractivity contribution >= 4 is 11.8 Å². The van der Waals surface area contributed by atoms with Gasteiger partial charge in [-0.2, -0.15) is 0 Å². The van der Waals surface area contributed by atoms with Crippen molar-refractivity contribution in [3.63, 3.8) is 0 Å². The lowest BCUT2D eigenvalue weighted by Gasteiger charge is -2.27. The van der Waals surface area contributed by atoms with E-state index >= 15 is 0 Å². The molecule has 1 aromatic heterocycles. The smallest absolute Gasteiger partial charge is 0.241 e. The van der Waals surface area contributed by atoms with Crippen LogP contribution in [0.5, 0.6) is 0 Å². The van der Waals surface area contributed by atoms with Crippen molar-refractivity contribution in [2.24, 2.45) is 0 Å². The van der Waals surface area contributed by atoms with Gasteiger partial charge in [-0.05, 0) is 12.1 Å². The molecule has 1 aliphatic heterocycles. The minimum absolute atomic E-state index is 0.00377. The van der Waals surface area contributed by atoms with E-state index in [4.69, 9.17) is 0 Å². The van der Waals surface area contributed by atoms with Crippen molar-refractivity contribution in [1.82, 2.24) is 20.5 Å². The normalized spacial score (nSPS) is 18.8. The summed E-state index contributed by atoms with van der Waals surface area (Å²) in [6.07, 6.45) is 2.47. The summed E-state index contributed by atoms with van der Waals surface area (Å²) >= 11 is 0. The average Bonchev–Trinajstić information content (AvgIpc) is 2.46. The Morgan fingerprint density at radius 2 is 2.37 bits per heavy atom. The van der Waals surface area contributed by atoms with Crippen LogP contribution in [0.3, 0.4) is 0 Å². The lowest BCUT2D eigenvalue weighted by atomic mass is 10.2. The Kier molecular flexibility index (Phi) is 4.46. The first kappa shape index (κ1) is 13.5. The fraction of sp³-hybridized carbons (Fsp3) is 0.462. The van der Waals surface area contributed by atoms with E-state index in [9.17, 15) is 9.59 Å². The Morgan fingerprint density at radius 3 is 3.00 bits per heavy atom. The zero-order valence-electron chi connectivity index (χ0n) is 10.9. The maximum absolute atomic E-state index is 12.1. The van der Waals surface area contributed by atoms with Crippen LogP contribution < -0.4 is 10.6 Å². The molecular weight excluding hydrogens is 244 g/mol. The van der Waals surface area contributed by atoms with E-state index in [1.54, 1.807) is 18.1 Å². The third-order valence-corrected chi connectivity index (χ3v) is 3.12. The number of piperazine rings is 1. The predicted octanol–water partition coefficient (Wildman–Crippen LogP) is -0.829. The van der Waals surface area contributed by atoms with Crippen LogP contribution in [0.1, 0.15) is 5.69 Å². The number of carbonyl (C=O) groups excluding carboxylic acids is 2. The summed E-state index contributed by atoms with van der Waals surface area (Å²) in [7, 11) is 1.77. The third-order valence-electron chi connectivity index (χ3n) is 3.12. The highest BCUT2D eigenvalue weighted by Gasteiger charge is 2.25. The molecule has 19 heavy (non-hydrogen) atoms. The summed E-state index contributed by atoms with van der Waals surface area (Å²) in [6.45, 7) is 1.16. The maximum atomic E-state index is 12.1. The Balaban J connectivity index is 1.81. The van der Waals surface area contributed by atoms with Crippen molar-refractivity contribution in [1.29, 1.82) is 0 Å². The van der Waals surface area contributed by atoms with Crippen LogP contribution in [0.15, 0.2) is 24.4 Å². The molecule has 102 valence electrons. The van der Waals surface area contributed by atoms with E-state index in [1.165, 1.54) is 0 Å². The van der Waals surface area contributed by atoms with Gasteiger partial charge in [0.25, 0.3) is 0 Å². The summed E-state index contributed by atoms with van der Waals surface area (Å²) in [4.78, 5) is 29.0. The molecule has 0 radical (unpaired) electrons.